The Morgan fingerprint density at radius 1 is 0.736 bits per heavy atom. The van der Waals surface area contributed by atoms with Crippen LogP contribution in [0.3, 0.4) is 0 Å². The highest BCUT2D eigenvalue weighted by Gasteiger charge is 2.68. The van der Waals surface area contributed by atoms with E-state index in [0.29, 0.717) is 25.9 Å². The van der Waals surface area contributed by atoms with Crippen molar-refractivity contribution in [2.75, 3.05) is 26.2 Å². The quantitative estimate of drug-likeness (QED) is 0.293. The van der Waals surface area contributed by atoms with Crippen molar-refractivity contribution in [1.82, 2.24) is 10.2 Å². The smallest absolute Gasteiger partial charge is 0.410 e. The molecular formula is C36H49ClF6N2O6S2. The van der Waals surface area contributed by atoms with Crippen LogP contribution in [0.5, 0.6) is 0 Å². The largest absolute Gasteiger partial charge is 0.444 e. The molecule has 2 aromatic carbocycles. The summed E-state index contributed by atoms with van der Waals surface area (Å²) in [5.41, 5.74) is -0.661. The monoisotopic (exact) mass is 818 g/mol. The molecule has 0 radical (unpaired) electrons. The summed E-state index contributed by atoms with van der Waals surface area (Å²) in [7, 11) is -8.18. The molecule has 300 valence electrons. The summed E-state index contributed by atoms with van der Waals surface area (Å²) in [6.07, 6.45) is -1.76. The molecule has 2 aliphatic heterocycles. The molecule has 2 aliphatic carbocycles. The van der Waals surface area contributed by atoms with Crippen molar-refractivity contribution in [1.29, 1.82) is 0 Å². The van der Waals surface area contributed by atoms with E-state index in [0.717, 1.165) is 24.3 Å². The summed E-state index contributed by atoms with van der Waals surface area (Å²) in [5, 5.41) is 3.11. The van der Waals surface area contributed by atoms with E-state index in [4.69, 9.17) is 4.74 Å². The Morgan fingerprint density at radius 3 is 1.45 bits per heavy atom. The second-order valence-corrected chi connectivity index (χ2v) is 19.8. The maximum atomic E-state index is 13.9. The van der Waals surface area contributed by atoms with Gasteiger partial charge in [0.1, 0.15) is 17.2 Å². The zero-order chi connectivity index (χ0) is 37.7. The van der Waals surface area contributed by atoms with Crippen LogP contribution in [0.4, 0.5) is 31.1 Å². The van der Waals surface area contributed by atoms with E-state index in [2.05, 4.69) is 5.32 Å². The fraction of sp³-hybridized carbons (Fsp3) is 0.639. The number of rotatable bonds is 6. The average molecular weight is 819 g/mol. The van der Waals surface area contributed by atoms with Crippen LogP contribution in [0.1, 0.15) is 79.6 Å². The fourth-order valence-corrected chi connectivity index (χ4v) is 13.0. The minimum Gasteiger partial charge on any atom is -0.444 e. The summed E-state index contributed by atoms with van der Waals surface area (Å²) in [4.78, 5) is 13.2. The predicted molar refractivity (Wildman–Crippen MR) is 191 cm³/mol. The number of hydrogen-bond acceptors (Lipinski definition) is 7. The standard InChI is InChI=1S/C20H26F3NO4S.C15H18F3NO2S.CH4.ClH/c1-18(2,3)28-17(25)24-9-7-14(8-10-24)19(12-20(22,23)13-19)29(26,27)16-6-4-5-15(21)11-16;16-12-2-1-3-13(8-12)22(20,21)14(9-15(17,18)10-14)11-4-6-19-7-5-11;;/h4-6,11,14H,7-10,12-13H2,1-3H3;1-3,8,11,19H,4-7,9-10H2;1H4;1H. The van der Waals surface area contributed by atoms with Gasteiger partial charge in [-0.1, -0.05) is 19.6 Å². The predicted octanol–water partition coefficient (Wildman–Crippen LogP) is 8.24. The maximum Gasteiger partial charge on any atom is 0.410 e. The number of ether oxygens (including phenoxy) is 1. The highest BCUT2D eigenvalue weighted by molar-refractivity contribution is 7.93. The molecule has 2 heterocycles. The highest BCUT2D eigenvalue weighted by Crippen LogP contribution is 2.59. The number of carbonyl (C=O) groups excluding carboxylic acids is 1. The minimum absolute atomic E-state index is 0. The molecule has 1 N–H and O–H groups in total. The molecule has 8 nitrogen and oxygen atoms in total. The molecule has 1 amide bonds. The number of sulfone groups is 2. The third-order valence-electron chi connectivity index (χ3n) is 10.5. The Kier molecular flexibility index (Phi) is 13.4. The van der Waals surface area contributed by atoms with Crippen LogP contribution in [0.25, 0.3) is 0 Å². The van der Waals surface area contributed by atoms with E-state index in [1.807, 2.05) is 0 Å². The van der Waals surface area contributed by atoms with Gasteiger partial charge in [-0.25, -0.2) is 48.0 Å². The second kappa shape index (κ2) is 15.9. The van der Waals surface area contributed by atoms with Crippen LogP contribution in [-0.4, -0.2) is 80.9 Å². The number of carbonyl (C=O) groups is 1. The Balaban J connectivity index is 0.000000284. The lowest BCUT2D eigenvalue weighted by Gasteiger charge is -2.52. The number of likely N-dealkylation sites (tertiary alicyclic amines) is 1. The van der Waals surface area contributed by atoms with Gasteiger partial charge in [0.15, 0.2) is 19.7 Å². The Bertz CT molecular complexity index is 1810. The van der Waals surface area contributed by atoms with Gasteiger partial charge in [-0.05, 0) is 108 Å². The number of benzene rings is 2. The zero-order valence-electron chi connectivity index (χ0n) is 29.1. The van der Waals surface area contributed by atoms with Crippen molar-refractivity contribution < 1.29 is 52.7 Å². The van der Waals surface area contributed by atoms with E-state index in [-0.39, 0.29) is 61.5 Å². The number of nitrogens with zero attached hydrogens (tertiary/aromatic N) is 1. The van der Waals surface area contributed by atoms with Crippen molar-refractivity contribution in [3.8, 4) is 0 Å². The molecule has 2 aromatic rings. The minimum atomic E-state index is -4.18. The van der Waals surface area contributed by atoms with Crippen LogP contribution in [0.2, 0.25) is 0 Å². The van der Waals surface area contributed by atoms with Crippen LogP contribution >= 0.6 is 12.4 Å². The molecule has 0 spiro atoms. The van der Waals surface area contributed by atoms with Gasteiger partial charge in [0.05, 0.1) is 19.3 Å². The first-order valence-electron chi connectivity index (χ1n) is 17.0. The number of piperidine rings is 2. The lowest BCUT2D eigenvalue weighted by Crippen LogP contribution is -2.62. The molecule has 4 fully saturated rings. The number of amides is 1. The van der Waals surface area contributed by atoms with Crippen LogP contribution < -0.4 is 5.32 Å². The van der Waals surface area contributed by atoms with E-state index >= 15 is 0 Å². The molecule has 0 bridgehead atoms. The van der Waals surface area contributed by atoms with Crippen LogP contribution in [0, 0.1) is 23.5 Å². The highest BCUT2D eigenvalue weighted by atomic mass is 35.5. The number of halogens is 7. The second-order valence-electron chi connectivity index (χ2n) is 15.2. The van der Waals surface area contributed by atoms with Gasteiger partial charge in [0.2, 0.25) is 0 Å². The normalized spacial score (nSPS) is 22.3. The Hall–Kier alpha value is -2.56. The summed E-state index contributed by atoms with van der Waals surface area (Å²) in [6, 6.07) is 9.15. The van der Waals surface area contributed by atoms with Gasteiger partial charge in [0, 0.05) is 38.8 Å². The molecule has 0 atom stereocenters. The first-order chi connectivity index (χ1) is 23.5. The fourth-order valence-electron chi connectivity index (χ4n) is 8.04. The van der Waals surface area contributed by atoms with Gasteiger partial charge in [-0.2, -0.15) is 0 Å². The SMILES string of the molecule is C.CC(C)(C)OC(=O)N1CCC(C2(S(=O)(=O)c3cccc(F)c3)CC(F)(F)C2)CC1.Cl.O=S(=O)(c1cccc(F)c1)C1(C2CCNCC2)CC(F)(F)C1. The molecule has 4 aliphatic rings. The molecule has 53 heavy (non-hydrogen) atoms. The third-order valence-corrected chi connectivity index (χ3v) is 15.6. The van der Waals surface area contributed by atoms with E-state index in [9.17, 15) is 48.0 Å². The maximum absolute atomic E-state index is 13.9. The zero-order valence-corrected chi connectivity index (χ0v) is 31.6. The van der Waals surface area contributed by atoms with Crippen LogP contribution in [-0.2, 0) is 24.4 Å². The van der Waals surface area contributed by atoms with Gasteiger partial charge in [-0.3, -0.25) is 0 Å². The van der Waals surface area contributed by atoms with Crippen molar-refractivity contribution in [2.45, 2.75) is 116 Å². The Morgan fingerprint density at radius 2 is 1.11 bits per heavy atom. The Labute approximate surface area is 314 Å². The van der Waals surface area contributed by atoms with Crippen molar-refractivity contribution in [2.24, 2.45) is 11.8 Å². The number of hydrogen-bond donors (Lipinski definition) is 1. The van der Waals surface area contributed by atoms with E-state index in [1.165, 1.54) is 29.2 Å². The molecular weight excluding hydrogens is 770 g/mol. The molecule has 17 heteroatoms. The molecule has 6 rings (SSSR count). The molecule has 0 unspecified atom stereocenters. The lowest BCUT2D eigenvalue weighted by atomic mass is 9.68. The van der Waals surface area contributed by atoms with E-state index < -0.39 is 95.9 Å². The molecule has 2 saturated heterocycles. The first-order valence-corrected chi connectivity index (χ1v) is 19.9. The summed E-state index contributed by atoms with van der Waals surface area (Å²) >= 11 is 0. The number of nitrogens with one attached hydrogen (secondary N) is 1. The van der Waals surface area contributed by atoms with Crippen molar-refractivity contribution in [3.63, 3.8) is 0 Å². The van der Waals surface area contributed by atoms with Gasteiger partial charge >= 0.3 is 6.09 Å². The average Bonchev–Trinajstić information content (AvgIpc) is 3.02. The summed E-state index contributed by atoms with van der Waals surface area (Å²) < 4.78 is 137. The molecule has 2 saturated carbocycles. The van der Waals surface area contributed by atoms with Gasteiger partial charge in [-0.15, -0.1) is 12.4 Å². The third kappa shape index (κ3) is 9.12. The van der Waals surface area contributed by atoms with Crippen LogP contribution in [0.15, 0.2) is 58.3 Å². The lowest BCUT2D eigenvalue weighted by molar-refractivity contribution is -0.117. The molecule has 0 aromatic heterocycles. The van der Waals surface area contributed by atoms with Gasteiger partial charge in [0.25, 0.3) is 11.8 Å². The summed E-state index contributed by atoms with van der Waals surface area (Å²) in [5.74, 6) is -8.29. The summed E-state index contributed by atoms with van der Waals surface area (Å²) in [6.45, 7) is 6.93. The topological polar surface area (TPSA) is 110 Å². The first kappa shape index (κ1) is 44.8. The van der Waals surface area contributed by atoms with Crippen molar-refractivity contribution >= 4 is 38.2 Å². The van der Waals surface area contributed by atoms with Crippen molar-refractivity contribution in [3.05, 3.63) is 60.2 Å². The number of alkyl halides is 4. The van der Waals surface area contributed by atoms with E-state index in [1.54, 1.807) is 20.8 Å². The van der Waals surface area contributed by atoms with Gasteiger partial charge < -0.3 is 15.0 Å².